The van der Waals surface area contributed by atoms with E-state index in [0.717, 1.165) is 4.70 Å². The van der Waals surface area contributed by atoms with Gasteiger partial charge in [0.1, 0.15) is 5.52 Å². The Bertz CT molecular complexity index is 773. The van der Waals surface area contributed by atoms with E-state index in [9.17, 15) is 18.3 Å². The van der Waals surface area contributed by atoms with Gasteiger partial charge in [-0.15, -0.1) is 0 Å². The van der Waals surface area contributed by atoms with E-state index in [4.69, 9.17) is 0 Å². The van der Waals surface area contributed by atoms with Gasteiger partial charge in [-0.2, -0.15) is 13.2 Å². The average molecular weight is 339 g/mol. The van der Waals surface area contributed by atoms with Gasteiger partial charge in [0.25, 0.3) is 0 Å². The van der Waals surface area contributed by atoms with Gasteiger partial charge in [0.15, 0.2) is 5.13 Å². The summed E-state index contributed by atoms with van der Waals surface area (Å²) in [5, 5.41) is 13.1. The van der Waals surface area contributed by atoms with Gasteiger partial charge in [-0.25, -0.2) is 4.98 Å². The number of aromatic nitrogens is 2. The summed E-state index contributed by atoms with van der Waals surface area (Å²) in [5.41, 5.74) is -2.62. The molecule has 1 aromatic carbocycles. The van der Waals surface area contributed by atoms with Crippen molar-refractivity contribution in [2.45, 2.75) is 11.8 Å². The number of alkyl halides is 3. The predicted octanol–water partition coefficient (Wildman–Crippen LogP) is 3.55. The molecule has 3 aromatic rings. The monoisotopic (exact) mass is 339 g/mol. The van der Waals surface area contributed by atoms with Crippen molar-refractivity contribution in [3.8, 4) is 0 Å². The van der Waals surface area contributed by atoms with E-state index in [2.05, 4.69) is 15.3 Å². The molecule has 2 aromatic heterocycles. The Hall–Kier alpha value is -2.19. The molecule has 1 unspecified atom stereocenters. The molecule has 0 amide bonds. The van der Waals surface area contributed by atoms with Gasteiger partial charge < -0.3 is 10.4 Å². The van der Waals surface area contributed by atoms with E-state index in [-0.39, 0.29) is 5.56 Å². The molecule has 120 valence electrons. The minimum atomic E-state index is -4.82. The molecule has 4 nitrogen and oxygen atoms in total. The lowest BCUT2D eigenvalue weighted by molar-refractivity contribution is -0.260. The van der Waals surface area contributed by atoms with Crippen LogP contribution in [0.2, 0.25) is 0 Å². The molecular weight excluding hydrogens is 327 g/mol. The minimum absolute atomic E-state index is 0.220. The SMILES string of the molecule is OC(CNc1nc2cnccc2s1)(c1ccccc1)C(F)(F)F. The van der Waals surface area contributed by atoms with Crippen LogP contribution in [0.4, 0.5) is 18.3 Å². The van der Waals surface area contributed by atoms with Crippen LogP contribution in [0.25, 0.3) is 10.2 Å². The van der Waals surface area contributed by atoms with Gasteiger partial charge >= 0.3 is 6.18 Å². The first-order chi connectivity index (χ1) is 10.9. The fourth-order valence-corrected chi connectivity index (χ4v) is 2.97. The van der Waals surface area contributed by atoms with Crippen molar-refractivity contribution in [2.75, 3.05) is 11.9 Å². The molecule has 23 heavy (non-hydrogen) atoms. The first-order valence-corrected chi connectivity index (χ1v) is 7.51. The van der Waals surface area contributed by atoms with E-state index >= 15 is 0 Å². The molecule has 0 bridgehead atoms. The number of halogens is 3. The van der Waals surface area contributed by atoms with E-state index < -0.39 is 18.3 Å². The number of anilines is 1. The molecule has 0 aliphatic heterocycles. The zero-order valence-electron chi connectivity index (χ0n) is 11.7. The number of pyridine rings is 1. The first kappa shape index (κ1) is 15.7. The molecule has 2 N–H and O–H groups in total. The second-order valence-electron chi connectivity index (χ2n) is 4.94. The van der Waals surface area contributed by atoms with Crippen molar-refractivity contribution in [3.63, 3.8) is 0 Å². The second-order valence-corrected chi connectivity index (χ2v) is 5.97. The number of thiazole rings is 1. The van der Waals surface area contributed by atoms with Crippen molar-refractivity contribution >= 4 is 26.7 Å². The summed E-state index contributed by atoms with van der Waals surface area (Å²) >= 11 is 1.20. The molecule has 0 saturated carbocycles. The van der Waals surface area contributed by atoms with Gasteiger partial charge in [0.05, 0.1) is 17.4 Å². The summed E-state index contributed by atoms with van der Waals surface area (Å²) in [7, 11) is 0. The highest BCUT2D eigenvalue weighted by atomic mass is 32.1. The molecule has 0 saturated heterocycles. The van der Waals surface area contributed by atoms with Crippen LogP contribution in [-0.2, 0) is 5.60 Å². The first-order valence-electron chi connectivity index (χ1n) is 6.69. The number of benzene rings is 1. The zero-order chi connectivity index (χ0) is 16.5. The molecule has 1 atom stereocenters. The summed E-state index contributed by atoms with van der Waals surface area (Å²) in [4.78, 5) is 8.07. The second kappa shape index (κ2) is 5.78. The quantitative estimate of drug-likeness (QED) is 0.763. The molecule has 8 heteroatoms. The normalized spacial score (nSPS) is 14.6. The third kappa shape index (κ3) is 2.99. The van der Waals surface area contributed by atoms with E-state index in [1.54, 1.807) is 18.3 Å². The maximum Gasteiger partial charge on any atom is 0.423 e. The van der Waals surface area contributed by atoms with Crippen LogP contribution >= 0.6 is 11.3 Å². The molecule has 0 spiro atoms. The van der Waals surface area contributed by atoms with Gasteiger partial charge in [0, 0.05) is 6.20 Å². The number of nitrogens with zero attached hydrogens (tertiary/aromatic N) is 2. The lowest BCUT2D eigenvalue weighted by atomic mass is 9.93. The number of fused-ring (bicyclic) bond motifs is 1. The minimum Gasteiger partial charge on any atom is -0.375 e. The van der Waals surface area contributed by atoms with E-state index in [1.807, 2.05) is 0 Å². The molecule has 3 rings (SSSR count). The maximum atomic E-state index is 13.4. The highest BCUT2D eigenvalue weighted by molar-refractivity contribution is 7.22. The Labute approximate surface area is 133 Å². The van der Waals surface area contributed by atoms with Crippen molar-refractivity contribution in [1.82, 2.24) is 9.97 Å². The zero-order valence-corrected chi connectivity index (χ0v) is 12.5. The molecular formula is C15H12F3N3OS. The van der Waals surface area contributed by atoms with Gasteiger partial charge in [0.2, 0.25) is 5.60 Å². The van der Waals surface area contributed by atoms with Crippen LogP contribution in [0.15, 0.2) is 48.8 Å². The molecule has 0 aliphatic rings. The van der Waals surface area contributed by atoms with Crippen molar-refractivity contribution in [1.29, 1.82) is 0 Å². The van der Waals surface area contributed by atoms with Crippen LogP contribution in [0, 0.1) is 0 Å². The molecule has 0 fully saturated rings. The standard InChI is InChI=1S/C15H12F3N3OS/c16-15(17,18)14(22,10-4-2-1-3-5-10)9-20-13-21-11-8-19-7-6-12(11)23-13/h1-8,22H,9H2,(H,20,21). The number of rotatable bonds is 4. The number of aliphatic hydroxyl groups is 1. The molecule has 2 heterocycles. The predicted molar refractivity (Wildman–Crippen MR) is 82.3 cm³/mol. The topological polar surface area (TPSA) is 58.0 Å². The summed E-state index contributed by atoms with van der Waals surface area (Å²) in [5.74, 6) is 0. The van der Waals surface area contributed by atoms with Crippen molar-refractivity contribution < 1.29 is 18.3 Å². The Morgan fingerprint density at radius 1 is 1.13 bits per heavy atom. The summed E-state index contributed by atoms with van der Waals surface area (Å²) in [6.45, 7) is -0.728. The smallest absolute Gasteiger partial charge is 0.375 e. The Morgan fingerprint density at radius 2 is 1.87 bits per heavy atom. The summed E-state index contributed by atoms with van der Waals surface area (Å²) in [6.07, 6.45) is -1.70. The van der Waals surface area contributed by atoms with Crippen molar-refractivity contribution in [2.24, 2.45) is 0 Å². The lowest BCUT2D eigenvalue weighted by Gasteiger charge is -2.31. The van der Waals surface area contributed by atoms with Crippen LogP contribution in [-0.4, -0.2) is 27.8 Å². The largest absolute Gasteiger partial charge is 0.423 e. The third-order valence-corrected chi connectivity index (χ3v) is 4.40. The highest BCUT2D eigenvalue weighted by Gasteiger charge is 2.54. The maximum absolute atomic E-state index is 13.4. The fraction of sp³-hybridized carbons (Fsp3) is 0.200. The molecule has 0 radical (unpaired) electrons. The van der Waals surface area contributed by atoms with E-state index in [0.29, 0.717) is 10.6 Å². The van der Waals surface area contributed by atoms with Crippen LogP contribution in [0.1, 0.15) is 5.56 Å². The summed E-state index contributed by atoms with van der Waals surface area (Å²) in [6, 6.07) is 8.72. The molecule has 0 aliphatic carbocycles. The fourth-order valence-electron chi connectivity index (χ4n) is 2.14. The van der Waals surface area contributed by atoms with Crippen LogP contribution in [0.3, 0.4) is 0 Å². The average Bonchev–Trinajstić information content (AvgIpc) is 2.95. The van der Waals surface area contributed by atoms with Gasteiger partial charge in [-0.1, -0.05) is 41.7 Å². The Balaban J connectivity index is 1.87. The highest BCUT2D eigenvalue weighted by Crippen LogP contribution is 2.39. The number of hydrogen-bond acceptors (Lipinski definition) is 5. The van der Waals surface area contributed by atoms with Crippen molar-refractivity contribution in [3.05, 3.63) is 54.4 Å². The van der Waals surface area contributed by atoms with E-state index in [1.165, 1.54) is 41.8 Å². The number of nitrogens with one attached hydrogen (secondary N) is 1. The van der Waals surface area contributed by atoms with Crippen LogP contribution < -0.4 is 5.32 Å². The van der Waals surface area contributed by atoms with Gasteiger partial charge in [-0.05, 0) is 11.6 Å². The van der Waals surface area contributed by atoms with Gasteiger partial charge in [-0.3, -0.25) is 4.98 Å². The van der Waals surface area contributed by atoms with Crippen LogP contribution in [0.5, 0.6) is 0 Å². The third-order valence-electron chi connectivity index (χ3n) is 3.41. The lowest BCUT2D eigenvalue weighted by Crippen LogP contribution is -2.47. The summed E-state index contributed by atoms with van der Waals surface area (Å²) < 4.78 is 40.9. The Morgan fingerprint density at radius 3 is 2.52 bits per heavy atom. The Kier molecular flexibility index (Phi) is 3.95. The number of hydrogen-bond donors (Lipinski definition) is 2.